The van der Waals surface area contributed by atoms with Crippen LogP contribution in [0, 0.1) is 11.7 Å². The van der Waals surface area contributed by atoms with Gasteiger partial charge in [-0.25, -0.2) is 4.39 Å². The molecule has 138 valence electrons. The van der Waals surface area contributed by atoms with Gasteiger partial charge in [-0.3, -0.25) is 9.59 Å². The molecule has 1 saturated heterocycles. The fraction of sp³-hybridized carbons (Fsp3) is 0.556. The van der Waals surface area contributed by atoms with Gasteiger partial charge in [-0.2, -0.15) is 0 Å². The van der Waals surface area contributed by atoms with Crippen LogP contribution >= 0.6 is 0 Å². The first-order valence-corrected chi connectivity index (χ1v) is 8.46. The van der Waals surface area contributed by atoms with Gasteiger partial charge in [0.25, 0.3) is 5.91 Å². The van der Waals surface area contributed by atoms with Gasteiger partial charge >= 0.3 is 0 Å². The number of ether oxygens (including phenoxy) is 2. The number of halogens is 1. The molecule has 1 aliphatic rings. The van der Waals surface area contributed by atoms with E-state index in [-0.39, 0.29) is 23.5 Å². The molecule has 1 aromatic rings. The normalized spacial score (nSPS) is 17.7. The minimum atomic E-state index is -0.557. The highest BCUT2D eigenvalue weighted by molar-refractivity contribution is 5.94. The lowest BCUT2D eigenvalue weighted by molar-refractivity contribution is -0.125. The molecule has 0 spiro atoms. The lowest BCUT2D eigenvalue weighted by Gasteiger charge is -2.21. The Morgan fingerprint density at radius 2 is 2.08 bits per heavy atom. The number of carbonyl (C=O) groups is 2. The predicted octanol–water partition coefficient (Wildman–Crippen LogP) is 1.84. The number of hydrogen-bond donors (Lipinski definition) is 1. The highest BCUT2D eigenvalue weighted by Crippen LogP contribution is 2.22. The highest BCUT2D eigenvalue weighted by atomic mass is 19.1. The van der Waals surface area contributed by atoms with E-state index in [1.807, 2.05) is 0 Å². The summed E-state index contributed by atoms with van der Waals surface area (Å²) in [5.74, 6) is -0.773. The maximum atomic E-state index is 13.8. The summed E-state index contributed by atoms with van der Waals surface area (Å²) in [7, 11) is 2.97. The Labute approximate surface area is 147 Å². The van der Waals surface area contributed by atoms with Gasteiger partial charge in [0.2, 0.25) is 5.91 Å². The predicted molar refractivity (Wildman–Crippen MR) is 91.1 cm³/mol. The zero-order valence-electron chi connectivity index (χ0n) is 14.7. The van der Waals surface area contributed by atoms with E-state index in [9.17, 15) is 14.0 Å². The van der Waals surface area contributed by atoms with Crippen molar-refractivity contribution in [3.05, 3.63) is 29.6 Å². The standard InChI is InChI=1S/C18H25FN2O4/c1-24-11-8-20-17(22)13-4-3-9-21(10-7-13)18(23)14-5-6-16(25-2)15(19)12-14/h5-6,12-13H,3-4,7-11H2,1-2H3,(H,20,22). The summed E-state index contributed by atoms with van der Waals surface area (Å²) < 4.78 is 23.6. The van der Waals surface area contributed by atoms with Crippen molar-refractivity contribution in [3.63, 3.8) is 0 Å². The zero-order chi connectivity index (χ0) is 18.2. The van der Waals surface area contributed by atoms with E-state index in [2.05, 4.69) is 5.32 Å². The van der Waals surface area contributed by atoms with E-state index in [1.54, 1.807) is 18.1 Å². The topological polar surface area (TPSA) is 67.9 Å². The Morgan fingerprint density at radius 3 is 2.76 bits per heavy atom. The molecule has 0 saturated carbocycles. The average molecular weight is 352 g/mol. The number of hydrogen-bond acceptors (Lipinski definition) is 4. The first kappa shape index (κ1) is 19.2. The van der Waals surface area contributed by atoms with Gasteiger partial charge in [0.1, 0.15) is 0 Å². The molecule has 1 unspecified atom stereocenters. The van der Waals surface area contributed by atoms with Crippen molar-refractivity contribution in [1.29, 1.82) is 0 Å². The van der Waals surface area contributed by atoms with Crippen LogP contribution in [-0.4, -0.2) is 57.2 Å². The second-order valence-corrected chi connectivity index (χ2v) is 6.05. The van der Waals surface area contributed by atoms with Crippen LogP contribution in [0.25, 0.3) is 0 Å². The number of likely N-dealkylation sites (tertiary alicyclic amines) is 1. The molecule has 2 rings (SSSR count). The fourth-order valence-corrected chi connectivity index (χ4v) is 2.96. The lowest BCUT2D eigenvalue weighted by atomic mass is 10.00. The van der Waals surface area contributed by atoms with Crippen LogP contribution in [0.15, 0.2) is 18.2 Å². The molecule has 1 aliphatic heterocycles. The molecule has 1 aromatic carbocycles. The van der Waals surface area contributed by atoms with Gasteiger partial charge < -0.3 is 19.7 Å². The molecule has 0 bridgehead atoms. The van der Waals surface area contributed by atoms with E-state index in [4.69, 9.17) is 9.47 Å². The number of benzene rings is 1. The first-order chi connectivity index (χ1) is 12.1. The number of carbonyl (C=O) groups excluding carboxylic acids is 2. The third kappa shape index (κ3) is 5.16. The quantitative estimate of drug-likeness (QED) is 0.794. The van der Waals surface area contributed by atoms with Crippen molar-refractivity contribution in [2.75, 3.05) is 40.5 Å². The third-order valence-corrected chi connectivity index (χ3v) is 4.39. The maximum absolute atomic E-state index is 13.8. The molecule has 1 fully saturated rings. The number of amides is 2. The molecule has 6 nitrogen and oxygen atoms in total. The molecule has 1 N–H and O–H groups in total. The second kappa shape index (κ2) is 9.36. The second-order valence-electron chi connectivity index (χ2n) is 6.05. The van der Waals surface area contributed by atoms with Crippen molar-refractivity contribution < 1.29 is 23.5 Å². The monoisotopic (exact) mass is 352 g/mol. The Morgan fingerprint density at radius 1 is 1.28 bits per heavy atom. The largest absolute Gasteiger partial charge is 0.494 e. The van der Waals surface area contributed by atoms with Crippen molar-refractivity contribution in [2.45, 2.75) is 19.3 Å². The molecule has 25 heavy (non-hydrogen) atoms. The van der Waals surface area contributed by atoms with E-state index >= 15 is 0 Å². The lowest BCUT2D eigenvalue weighted by Crippen LogP contribution is -2.35. The molecule has 0 radical (unpaired) electrons. The molecular weight excluding hydrogens is 327 g/mol. The van der Waals surface area contributed by atoms with Crippen LogP contribution in [0.2, 0.25) is 0 Å². The molecule has 1 heterocycles. The van der Waals surface area contributed by atoms with Gasteiger partial charge in [0.05, 0.1) is 13.7 Å². The average Bonchev–Trinajstić information content (AvgIpc) is 2.87. The summed E-state index contributed by atoms with van der Waals surface area (Å²) in [5, 5.41) is 2.85. The Hall–Kier alpha value is -2.15. The number of methoxy groups -OCH3 is 2. The summed E-state index contributed by atoms with van der Waals surface area (Å²) in [6.45, 7) is 2.01. The van der Waals surface area contributed by atoms with Crippen molar-refractivity contribution in [1.82, 2.24) is 10.2 Å². The molecule has 1 atom stereocenters. The summed E-state index contributed by atoms with van der Waals surface area (Å²) in [6, 6.07) is 4.21. The smallest absolute Gasteiger partial charge is 0.253 e. The van der Waals surface area contributed by atoms with Crippen molar-refractivity contribution >= 4 is 11.8 Å². The van der Waals surface area contributed by atoms with Gasteiger partial charge in [0, 0.05) is 38.2 Å². The fourth-order valence-electron chi connectivity index (χ4n) is 2.96. The van der Waals surface area contributed by atoms with E-state index in [0.29, 0.717) is 38.2 Å². The zero-order valence-corrected chi connectivity index (χ0v) is 14.7. The summed E-state index contributed by atoms with van der Waals surface area (Å²) >= 11 is 0. The van der Waals surface area contributed by atoms with Gasteiger partial charge in [-0.1, -0.05) is 0 Å². The molecular formula is C18H25FN2O4. The van der Waals surface area contributed by atoms with Crippen molar-refractivity contribution in [3.8, 4) is 5.75 Å². The summed E-state index contributed by atoms with van der Waals surface area (Å²) in [5.41, 5.74) is 0.293. The first-order valence-electron chi connectivity index (χ1n) is 8.46. The number of nitrogens with zero attached hydrogens (tertiary/aromatic N) is 1. The molecule has 2 amide bonds. The van der Waals surface area contributed by atoms with Crippen LogP contribution in [0.4, 0.5) is 4.39 Å². The summed E-state index contributed by atoms with van der Waals surface area (Å²) in [4.78, 5) is 26.4. The third-order valence-electron chi connectivity index (χ3n) is 4.39. The Balaban J connectivity index is 1.94. The maximum Gasteiger partial charge on any atom is 0.253 e. The molecule has 0 aromatic heterocycles. The SMILES string of the molecule is COCCNC(=O)C1CCCN(C(=O)c2ccc(OC)c(F)c2)CC1. The van der Waals surface area contributed by atoms with Crippen LogP contribution in [0.3, 0.4) is 0 Å². The van der Waals surface area contributed by atoms with Gasteiger partial charge in [0.15, 0.2) is 11.6 Å². The van der Waals surface area contributed by atoms with Crippen LogP contribution < -0.4 is 10.1 Å². The van der Waals surface area contributed by atoms with Gasteiger partial charge in [-0.05, 0) is 37.5 Å². The van der Waals surface area contributed by atoms with Crippen LogP contribution in [0.5, 0.6) is 5.75 Å². The minimum absolute atomic E-state index is 0.00170. The van der Waals surface area contributed by atoms with Crippen LogP contribution in [0.1, 0.15) is 29.6 Å². The number of nitrogens with one attached hydrogen (secondary N) is 1. The Bertz CT molecular complexity index is 609. The van der Waals surface area contributed by atoms with E-state index < -0.39 is 5.82 Å². The van der Waals surface area contributed by atoms with E-state index in [1.165, 1.54) is 19.2 Å². The van der Waals surface area contributed by atoms with Gasteiger partial charge in [-0.15, -0.1) is 0 Å². The van der Waals surface area contributed by atoms with E-state index in [0.717, 1.165) is 12.8 Å². The Kier molecular flexibility index (Phi) is 7.18. The minimum Gasteiger partial charge on any atom is -0.494 e. The summed E-state index contributed by atoms with van der Waals surface area (Å²) in [6.07, 6.45) is 2.08. The van der Waals surface area contributed by atoms with Crippen molar-refractivity contribution in [2.24, 2.45) is 5.92 Å². The number of rotatable bonds is 6. The van der Waals surface area contributed by atoms with Crippen LogP contribution in [-0.2, 0) is 9.53 Å². The highest BCUT2D eigenvalue weighted by Gasteiger charge is 2.25. The molecule has 0 aliphatic carbocycles. The molecule has 7 heteroatoms.